The first-order valence-electron chi connectivity index (χ1n) is 7.00. The second-order valence-electron chi connectivity index (χ2n) is 6.52. The Morgan fingerprint density at radius 1 is 1.10 bits per heavy atom. The molecule has 1 aromatic rings. The van der Waals surface area contributed by atoms with E-state index in [1.54, 1.807) is 24.3 Å². The molecule has 0 spiro atoms. The number of sulfonamides is 1. The third kappa shape index (κ3) is 4.17. The summed E-state index contributed by atoms with van der Waals surface area (Å²) in [7, 11) is -3.60. The number of aryl methyl sites for hydroxylation is 1. The zero-order valence-electron chi connectivity index (χ0n) is 13.0. The van der Waals surface area contributed by atoms with Gasteiger partial charge in [0, 0.05) is 0 Å². The Morgan fingerprint density at radius 2 is 1.71 bits per heavy atom. The van der Waals surface area contributed by atoms with Crippen molar-refractivity contribution in [1.82, 2.24) is 4.83 Å². The molecule has 1 aliphatic carbocycles. The molecule has 1 aliphatic rings. The number of nitrogens with zero attached hydrogens (tertiary/aromatic N) is 1. The Bertz CT molecular complexity index is 683. The van der Waals surface area contributed by atoms with Crippen LogP contribution in [0.3, 0.4) is 0 Å². The van der Waals surface area contributed by atoms with Crippen LogP contribution in [0.25, 0.3) is 0 Å². The van der Waals surface area contributed by atoms with Crippen LogP contribution in [0.15, 0.2) is 45.9 Å². The second kappa shape index (κ2) is 5.64. The Kier molecular flexibility index (Phi) is 4.23. The first-order chi connectivity index (χ1) is 9.68. The van der Waals surface area contributed by atoms with Gasteiger partial charge in [0.15, 0.2) is 0 Å². The van der Waals surface area contributed by atoms with Gasteiger partial charge in [-0.15, -0.1) is 0 Å². The molecule has 0 bridgehead atoms. The molecule has 114 valence electrons. The minimum Gasteiger partial charge on any atom is -0.200 e. The van der Waals surface area contributed by atoms with Gasteiger partial charge in [-0.05, 0) is 50.3 Å². The van der Waals surface area contributed by atoms with Crippen molar-refractivity contribution in [2.24, 2.45) is 10.5 Å². The summed E-state index contributed by atoms with van der Waals surface area (Å²) in [5.41, 5.74) is 3.14. The molecule has 0 amide bonds. The van der Waals surface area contributed by atoms with Crippen molar-refractivity contribution < 1.29 is 8.42 Å². The summed E-state index contributed by atoms with van der Waals surface area (Å²) in [5, 5.41) is 4.10. The molecule has 5 heteroatoms. The molecule has 0 aromatic heterocycles. The Hall–Kier alpha value is -1.62. The number of hydrogen-bond acceptors (Lipinski definition) is 3. The molecule has 0 saturated heterocycles. The van der Waals surface area contributed by atoms with Gasteiger partial charge in [0.05, 0.1) is 10.6 Å². The molecule has 0 radical (unpaired) electrons. The maximum Gasteiger partial charge on any atom is 0.276 e. The summed E-state index contributed by atoms with van der Waals surface area (Å²) in [6.45, 7) is 8.29. The molecule has 1 aromatic carbocycles. The van der Waals surface area contributed by atoms with Crippen molar-refractivity contribution in [3.63, 3.8) is 0 Å². The Morgan fingerprint density at radius 3 is 2.29 bits per heavy atom. The third-order valence-electron chi connectivity index (χ3n) is 3.47. The highest BCUT2D eigenvalue weighted by Crippen LogP contribution is 2.33. The van der Waals surface area contributed by atoms with Crippen LogP contribution < -0.4 is 4.83 Å². The average molecular weight is 306 g/mol. The lowest BCUT2D eigenvalue weighted by Gasteiger charge is -2.29. The van der Waals surface area contributed by atoms with E-state index < -0.39 is 10.0 Å². The second-order valence-corrected chi connectivity index (χ2v) is 8.18. The van der Waals surface area contributed by atoms with Gasteiger partial charge in [-0.25, -0.2) is 0 Å². The van der Waals surface area contributed by atoms with Crippen LogP contribution in [-0.4, -0.2) is 14.1 Å². The van der Waals surface area contributed by atoms with Crippen LogP contribution in [0.1, 0.15) is 39.2 Å². The summed E-state index contributed by atoms with van der Waals surface area (Å²) >= 11 is 0. The van der Waals surface area contributed by atoms with Crippen LogP contribution in [0.5, 0.6) is 0 Å². The molecule has 0 aliphatic heterocycles. The zero-order valence-corrected chi connectivity index (χ0v) is 13.8. The molecule has 0 unspecified atom stereocenters. The van der Waals surface area contributed by atoms with Gasteiger partial charge in [-0.3, -0.25) is 0 Å². The van der Waals surface area contributed by atoms with Gasteiger partial charge >= 0.3 is 0 Å². The van der Waals surface area contributed by atoms with Crippen molar-refractivity contribution in [3.8, 4) is 0 Å². The van der Waals surface area contributed by atoms with Crippen LogP contribution in [0.2, 0.25) is 0 Å². The smallest absolute Gasteiger partial charge is 0.200 e. The monoisotopic (exact) mass is 306 g/mol. The van der Waals surface area contributed by atoms with E-state index in [-0.39, 0.29) is 10.3 Å². The van der Waals surface area contributed by atoms with E-state index in [0.29, 0.717) is 0 Å². The molecule has 0 fully saturated rings. The van der Waals surface area contributed by atoms with Crippen molar-refractivity contribution in [1.29, 1.82) is 0 Å². The van der Waals surface area contributed by atoms with Crippen LogP contribution in [0.4, 0.5) is 0 Å². The van der Waals surface area contributed by atoms with Crippen LogP contribution in [-0.2, 0) is 10.0 Å². The van der Waals surface area contributed by atoms with Crippen molar-refractivity contribution in [2.75, 3.05) is 0 Å². The molecule has 0 saturated carbocycles. The summed E-state index contributed by atoms with van der Waals surface area (Å²) in [6, 6.07) is 6.72. The van der Waals surface area contributed by atoms with E-state index in [1.807, 2.05) is 19.9 Å². The maximum absolute atomic E-state index is 12.2. The lowest BCUT2D eigenvalue weighted by molar-refractivity contribution is 0.373. The normalized spacial score (nSPS) is 20.2. The third-order valence-corrected chi connectivity index (χ3v) is 4.70. The number of benzene rings is 1. The van der Waals surface area contributed by atoms with Gasteiger partial charge in [0.1, 0.15) is 0 Å². The standard InChI is InChI=1S/C16H22N2O2S/c1-12-5-7-15(8-6-12)21(19,20)18-17-14-9-13(2)10-16(3,4)11-14/h5-9,18H,10-11H2,1-4H3. The Balaban J connectivity index is 2.20. The predicted octanol–water partition coefficient (Wildman–Crippen LogP) is 3.40. The molecular weight excluding hydrogens is 284 g/mol. The van der Waals surface area contributed by atoms with E-state index in [2.05, 4.69) is 23.8 Å². The summed E-state index contributed by atoms with van der Waals surface area (Å²) < 4.78 is 24.4. The first kappa shape index (κ1) is 15.8. The molecular formula is C16H22N2O2S. The fraction of sp³-hybridized carbons (Fsp3) is 0.438. The highest BCUT2D eigenvalue weighted by atomic mass is 32.2. The van der Waals surface area contributed by atoms with Crippen LogP contribution in [0, 0.1) is 12.3 Å². The summed E-state index contributed by atoms with van der Waals surface area (Å²) in [6.07, 6.45) is 3.74. The van der Waals surface area contributed by atoms with E-state index in [0.717, 1.165) is 24.1 Å². The van der Waals surface area contributed by atoms with Gasteiger partial charge in [-0.1, -0.05) is 37.1 Å². The number of nitrogens with one attached hydrogen (secondary N) is 1. The quantitative estimate of drug-likeness (QED) is 0.870. The zero-order chi connectivity index (χ0) is 15.7. The van der Waals surface area contributed by atoms with Gasteiger partial charge in [0.25, 0.3) is 10.0 Å². The molecule has 1 N–H and O–H groups in total. The summed E-state index contributed by atoms with van der Waals surface area (Å²) in [5.74, 6) is 0. The maximum atomic E-state index is 12.2. The van der Waals surface area contributed by atoms with Crippen molar-refractivity contribution >= 4 is 15.7 Å². The number of rotatable bonds is 3. The number of hydrazone groups is 1. The van der Waals surface area contributed by atoms with E-state index in [9.17, 15) is 8.42 Å². The van der Waals surface area contributed by atoms with E-state index in [4.69, 9.17) is 0 Å². The molecule has 0 heterocycles. The van der Waals surface area contributed by atoms with Gasteiger partial charge < -0.3 is 0 Å². The predicted molar refractivity (Wildman–Crippen MR) is 85.7 cm³/mol. The number of allylic oxidation sites excluding steroid dienone is 2. The highest BCUT2D eigenvalue weighted by molar-refractivity contribution is 7.89. The topological polar surface area (TPSA) is 58.5 Å². The minimum absolute atomic E-state index is 0.118. The van der Waals surface area contributed by atoms with Gasteiger partial charge in [-0.2, -0.15) is 18.4 Å². The highest BCUT2D eigenvalue weighted by Gasteiger charge is 2.25. The van der Waals surface area contributed by atoms with E-state index in [1.165, 1.54) is 5.57 Å². The van der Waals surface area contributed by atoms with E-state index >= 15 is 0 Å². The fourth-order valence-electron chi connectivity index (χ4n) is 2.65. The summed E-state index contributed by atoms with van der Waals surface area (Å²) in [4.78, 5) is 2.57. The average Bonchev–Trinajstić information content (AvgIpc) is 2.35. The minimum atomic E-state index is -3.60. The fourth-order valence-corrected chi connectivity index (χ4v) is 3.49. The molecule has 2 rings (SSSR count). The lowest BCUT2D eigenvalue weighted by Crippen LogP contribution is -2.25. The SMILES string of the molecule is CC1=CC(=NNS(=O)(=O)c2ccc(C)cc2)CC(C)(C)C1. The molecule has 0 atom stereocenters. The number of hydrogen-bond donors (Lipinski definition) is 1. The molecule has 21 heavy (non-hydrogen) atoms. The van der Waals surface area contributed by atoms with Crippen molar-refractivity contribution in [3.05, 3.63) is 41.5 Å². The van der Waals surface area contributed by atoms with Crippen molar-refractivity contribution in [2.45, 2.75) is 45.4 Å². The molecule has 4 nitrogen and oxygen atoms in total. The Labute approximate surface area is 127 Å². The first-order valence-corrected chi connectivity index (χ1v) is 8.48. The lowest BCUT2D eigenvalue weighted by atomic mass is 9.77. The largest absolute Gasteiger partial charge is 0.276 e. The van der Waals surface area contributed by atoms with Crippen LogP contribution >= 0.6 is 0 Å². The van der Waals surface area contributed by atoms with Gasteiger partial charge in [0.2, 0.25) is 0 Å².